The minimum Gasteiger partial charge on any atom is -0.494 e. The second-order valence-electron chi connectivity index (χ2n) is 9.05. The van der Waals surface area contributed by atoms with Gasteiger partial charge >= 0.3 is 6.18 Å². The van der Waals surface area contributed by atoms with Gasteiger partial charge in [-0.25, -0.2) is 17.2 Å². The number of hydrogen-bond acceptors (Lipinski definition) is 6. The smallest absolute Gasteiger partial charge is 0.433 e. The van der Waals surface area contributed by atoms with E-state index in [0.29, 0.717) is 11.1 Å². The molecule has 14 heteroatoms. The molecule has 1 fully saturated rings. The van der Waals surface area contributed by atoms with Crippen LogP contribution in [-0.2, 0) is 27.5 Å². The lowest BCUT2D eigenvalue weighted by molar-refractivity contribution is -0.141. The first-order chi connectivity index (χ1) is 18.3. The summed E-state index contributed by atoms with van der Waals surface area (Å²) in [5, 5.41) is 2.57. The van der Waals surface area contributed by atoms with Crippen molar-refractivity contribution in [3.63, 3.8) is 0 Å². The maximum atomic E-state index is 14.5. The van der Waals surface area contributed by atoms with Crippen LogP contribution in [-0.4, -0.2) is 54.0 Å². The number of alkyl halides is 4. The molecule has 1 aliphatic rings. The lowest BCUT2D eigenvalue weighted by Crippen LogP contribution is -2.55. The Kier molecular flexibility index (Phi) is 7.63. The number of ether oxygens (including phenoxy) is 1. The summed E-state index contributed by atoms with van der Waals surface area (Å²) in [4.78, 5) is 20.6. The SMILES string of the molecule is COc1cnc(CNC(=O)[C@]2(C)C[C@@H](F)CN2S(=O)(=O)c2ccc(F)cc2)cc1-c1ccc(C(F)(F)F)nc1. The van der Waals surface area contributed by atoms with E-state index in [1.807, 2.05) is 0 Å². The summed E-state index contributed by atoms with van der Waals surface area (Å²) in [5.41, 5.74) is -1.93. The largest absolute Gasteiger partial charge is 0.494 e. The number of rotatable bonds is 7. The van der Waals surface area contributed by atoms with E-state index in [9.17, 15) is 35.2 Å². The molecule has 0 unspecified atom stereocenters. The number of halogens is 5. The summed E-state index contributed by atoms with van der Waals surface area (Å²) >= 11 is 0. The van der Waals surface area contributed by atoms with E-state index in [1.165, 1.54) is 32.4 Å². The fourth-order valence-electron chi connectivity index (χ4n) is 4.34. The summed E-state index contributed by atoms with van der Waals surface area (Å²) in [6.07, 6.45) is -4.29. The van der Waals surface area contributed by atoms with Crippen LogP contribution < -0.4 is 10.1 Å². The van der Waals surface area contributed by atoms with Crippen molar-refractivity contribution in [2.24, 2.45) is 0 Å². The molecule has 1 N–H and O–H groups in total. The topological polar surface area (TPSA) is 101 Å². The van der Waals surface area contributed by atoms with Gasteiger partial charge in [-0.1, -0.05) is 6.07 Å². The molecule has 0 aliphatic carbocycles. The lowest BCUT2D eigenvalue weighted by Gasteiger charge is -2.32. The Morgan fingerprint density at radius 2 is 1.85 bits per heavy atom. The van der Waals surface area contributed by atoms with E-state index in [1.54, 1.807) is 0 Å². The molecule has 3 aromatic rings. The second kappa shape index (κ2) is 10.5. The van der Waals surface area contributed by atoms with Crippen LogP contribution in [0.4, 0.5) is 22.0 Å². The van der Waals surface area contributed by atoms with Crippen molar-refractivity contribution in [1.82, 2.24) is 19.6 Å². The number of carbonyl (C=O) groups excluding carboxylic acids is 1. The minimum absolute atomic E-state index is 0.207. The first-order valence-electron chi connectivity index (χ1n) is 11.5. The molecule has 1 aliphatic heterocycles. The molecule has 8 nitrogen and oxygen atoms in total. The van der Waals surface area contributed by atoms with Crippen LogP contribution in [0.25, 0.3) is 11.1 Å². The van der Waals surface area contributed by atoms with Crippen LogP contribution in [0, 0.1) is 5.82 Å². The monoisotopic (exact) mass is 570 g/mol. The van der Waals surface area contributed by atoms with Gasteiger partial charge in [-0.3, -0.25) is 14.8 Å². The minimum atomic E-state index is -4.61. The van der Waals surface area contributed by atoms with Gasteiger partial charge in [-0.2, -0.15) is 17.5 Å². The Morgan fingerprint density at radius 3 is 2.44 bits per heavy atom. The maximum absolute atomic E-state index is 14.5. The summed E-state index contributed by atoms with van der Waals surface area (Å²) in [6.45, 7) is 0.528. The van der Waals surface area contributed by atoms with E-state index in [4.69, 9.17) is 4.74 Å². The van der Waals surface area contributed by atoms with Crippen LogP contribution in [0.15, 0.2) is 59.8 Å². The molecule has 1 aromatic carbocycles. The van der Waals surface area contributed by atoms with Crippen molar-refractivity contribution in [3.05, 3.63) is 72.1 Å². The predicted molar refractivity (Wildman–Crippen MR) is 129 cm³/mol. The van der Waals surface area contributed by atoms with Gasteiger partial charge in [0.1, 0.15) is 29.0 Å². The van der Waals surface area contributed by atoms with Crippen LogP contribution >= 0.6 is 0 Å². The van der Waals surface area contributed by atoms with E-state index < -0.39 is 58.3 Å². The Bertz CT molecular complexity index is 1470. The molecule has 39 heavy (non-hydrogen) atoms. The van der Waals surface area contributed by atoms with E-state index >= 15 is 0 Å². The predicted octanol–water partition coefficient (Wildman–Crippen LogP) is 4.12. The molecule has 208 valence electrons. The van der Waals surface area contributed by atoms with Crippen molar-refractivity contribution in [3.8, 4) is 16.9 Å². The molecule has 0 spiro atoms. The van der Waals surface area contributed by atoms with Crippen molar-refractivity contribution in [1.29, 1.82) is 0 Å². The molecule has 0 radical (unpaired) electrons. The van der Waals surface area contributed by atoms with Crippen LogP contribution in [0.2, 0.25) is 0 Å². The number of benzene rings is 1. The highest BCUT2D eigenvalue weighted by molar-refractivity contribution is 7.89. The number of sulfonamides is 1. The summed E-state index contributed by atoms with van der Waals surface area (Å²) in [6, 6.07) is 7.49. The number of methoxy groups -OCH3 is 1. The standard InChI is InChI=1S/C25H23F5N4O4S/c1-24(10-17(27)14-34(24)39(36,37)19-6-4-16(26)5-7-19)23(35)33-12-18-9-20(21(38-2)13-31-18)15-3-8-22(32-11-15)25(28,29)30/h3-9,11,13,17H,10,12,14H2,1-2H3,(H,33,35)/t17-,24+/m1/s1. The van der Waals surface area contributed by atoms with Gasteiger partial charge in [0.2, 0.25) is 15.9 Å². The van der Waals surface area contributed by atoms with Crippen molar-refractivity contribution in [2.45, 2.75) is 42.7 Å². The molecular formula is C25H23F5N4O4S. The average molecular weight is 571 g/mol. The zero-order valence-corrected chi connectivity index (χ0v) is 21.5. The molecule has 0 saturated carbocycles. The zero-order chi connectivity index (χ0) is 28.6. The van der Waals surface area contributed by atoms with Crippen molar-refractivity contribution < 1.29 is 39.9 Å². The highest BCUT2D eigenvalue weighted by atomic mass is 32.2. The van der Waals surface area contributed by atoms with Crippen LogP contribution in [0.3, 0.4) is 0 Å². The van der Waals surface area contributed by atoms with E-state index in [2.05, 4.69) is 15.3 Å². The Hall–Kier alpha value is -3.65. The zero-order valence-electron chi connectivity index (χ0n) is 20.7. The summed E-state index contributed by atoms with van der Waals surface area (Å²) in [7, 11) is -2.99. The number of pyridine rings is 2. The summed E-state index contributed by atoms with van der Waals surface area (Å²) in [5.74, 6) is -1.20. The molecule has 0 bridgehead atoms. The second-order valence-corrected chi connectivity index (χ2v) is 10.9. The summed E-state index contributed by atoms with van der Waals surface area (Å²) < 4.78 is 98.9. The van der Waals surface area contributed by atoms with Crippen molar-refractivity contribution >= 4 is 15.9 Å². The first-order valence-corrected chi connectivity index (χ1v) is 13.0. The molecule has 2 atom stereocenters. The first kappa shape index (κ1) is 28.4. The number of nitrogens with zero attached hydrogens (tertiary/aromatic N) is 3. The molecular weight excluding hydrogens is 547 g/mol. The molecule has 3 heterocycles. The van der Waals surface area contributed by atoms with Gasteiger partial charge in [0.05, 0.1) is 30.4 Å². The van der Waals surface area contributed by atoms with Crippen LogP contribution in [0.5, 0.6) is 5.75 Å². The molecule has 1 saturated heterocycles. The van der Waals surface area contributed by atoms with Crippen LogP contribution in [0.1, 0.15) is 24.7 Å². The fourth-order valence-corrected chi connectivity index (χ4v) is 6.12. The van der Waals surface area contributed by atoms with Gasteiger partial charge in [0.25, 0.3) is 0 Å². The lowest BCUT2D eigenvalue weighted by atomic mass is 9.98. The highest BCUT2D eigenvalue weighted by Gasteiger charge is 2.53. The number of amides is 1. The van der Waals surface area contributed by atoms with E-state index in [-0.39, 0.29) is 22.9 Å². The van der Waals surface area contributed by atoms with Gasteiger partial charge in [0.15, 0.2) is 0 Å². The van der Waals surface area contributed by atoms with Crippen molar-refractivity contribution in [2.75, 3.05) is 13.7 Å². The third-order valence-corrected chi connectivity index (χ3v) is 8.36. The van der Waals surface area contributed by atoms with E-state index in [0.717, 1.165) is 40.8 Å². The third-order valence-electron chi connectivity index (χ3n) is 6.36. The third kappa shape index (κ3) is 5.71. The van der Waals surface area contributed by atoms with Gasteiger partial charge in [0, 0.05) is 30.3 Å². The number of aromatic nitrogens is 2. The average Bonchev–Trinajstić information content (AvgIpc) is 3.22. The van der Waals surface area contributed by atoms with Gasteiger partial charge in [-0.05, 0) is 43.3 Å². The Morgan fingerprint density at radius 1 is 1.15 bits per heavy atom. The number of hydrogen-bond donors (Lipinski definition) is 1. The Labute approximate surface area is 220 Å². The molecule has 4 rings (SSSR count). The normalized spacial score (nSPS) is 20.1. The Balaban J connectivity index is 1.56. The van der Waals surface area contributed by atoms with Gasteiger partial charge < -0.3 is 10.1 Å². The fraction of sp³-hybridized carbons (Fsp3) is 0.320. The number of carbonyl (C=O) groups is 1. The number of nitrogens with one attached hydrogen (secondary N) is 1. The molecule has 2 aromatic heterocycles. The molecule has 1 amide bonds. The van der Waals surface area contributed by atoms with Gasteiger partial charge in [-0.15, -0.1) is 0 Å². The highest BCUT2D eigenvalue weighted by Crippen LogP contribution is 2.37. The maximum Gasteiger partial charge on any atom is 0.433 e. The quantitative estimate of drug-likeness (QED) is 0.429.